The van der Waals surface area contributed by atoms with Crippen molar-refractivity contribution >= 4 is 22.4 Å². The minimum Gasteiger partial charge on any atom is -0.349 e. The second-order valence-corrected chi connectivity index (χ2v) is 7.27. The van der Waals surface area contributed by atoms with E-state index in [1.165, 1.54) is 4.88 Å². The van der Waals surface area contributed by atoms with Crippen LogP contribution in [0.2, 0.25) is 0 Å². The lowest BCUT2D eigenvalue weighted by Gasteiger charge is -2.37. The molecule has 1 N–H and O–H groups in total. The molecule has 2 fully saturated rings. The maximum absolute atomic E-state index is 12.4. The van der Waals surface area contributed by atoms with E-state index in [1.807, 2.05) is 6.92 Å². The Balaban J connectivity index is 1.58. The Morgan fingerprint density at radius 1 is 1.39 bits per heavy atom. The summed E-state index contributed by atoms with van der Waals surface area (Å²) in [6.45, 7) is 6.71. The third-order valence-electron chi connectivity index (χ3n) is 4.45. The van der Waals surface area contributed by atoms with Gasteiger partial charge in [0.05, 0.1) is 31.5 Å². The number of nitrogens with one attached hydrogen (secondary N) is 1. The quantitative estimate of drug-likeness (QED) is 0.891. The van der Waals surface area contributed by atoms with E-state index in [2.05, 4.69) is 22.1 Å². The Labute approximate surface area is 141 Å². The third-order valence-corrected chi connectivity index (χ3v) is 5.38. The van der Waals surface area contributed by atoms with Crippen LogP contribution in [0.4, 0.5) is 5.13 Å². The Kier molecular flexibility index (Phi) is 5.63. The average Bonchev–Trinajstić information content (AvgIpc) is 3.17. The van der Waals surface area contributed by atoms with Gasteiger partial charge in [0.25, 0.3) is 0 Å². The normalized spacial score (nSPS) is 23.3. The molecule has 0 saturated carbocycles. The van der Waals surface area contributed by atoms with Gasteiger partial charge in [-0.05, 0) is 32.7 Å². The number of likely N-dealkylation sites (tertiary alicyclic amines) is 1. The van der Waals surface area contributed by atoms with Crippen molar-refractivity contribution in [1.82, 2.24) is 9.88 Å². The van der Waals surface area contributed by atoms with Crippen LogP contribution in [0.1, 0.15) is 36.8 Å². The van der Waals surface area contributed by atoms with E-state index in [0.29, 0.717) is 24.9 Å². The molecule has 2 saturated heterocycles. The fraction of sp³-hybridized carbons (Fsp3) is 0.750. The van der Waals surface area contributed by atoms with Gasteiger partial charge in [0, 0.05) is 4.88 Å². The molecule has 1 atom stereocenters. The predicted molar refractivity (Wildman–Crippen MR) is 89.8 cm³/mol. The number of hydrogen-bond acceptors (Lipinski definition) is 6. The van der Waals surface area contributed by atoms with Gasteiger partial charge in [-0.25, -0.2) is 4.98 Å². The molecule has 0 radical (unpaired) electrons. The highest BCUT2D eigenvalue weighted by Gasteiger charge is 2.34. The molecule has 23 heavy (non-hydrogen) atoms. The number of amides is 1. The van der Waals surface area contributed by atoms with Crippen LogP contribution in [0.5, 0.6) is 0 Å². The average molecular weight is 339 g/mol. The summed E-state index contributed by atoms with van der Waals surface area (Å²) in [6, 6.07) is 0.182. The number of piperidine rings is 1. The molecule has 6 nitrogen and oxygen atoms in total. The number of anilines is 1. The molecule has 0 bridgehead atoms. The summed E-state index contributed by atoms with van der Waals surface area (Å²) in [7, 11) is 0. The highest BCUT2D eigenvalue weighted by molar-refractivity contribution is 7.15. The first-order chi connectivity index (χ1) is 11.2. The number of carbonyl (C=O) groups excluding carboxylic acids is 1. The number of rotatable bonds is 5. The number of carbonyl (C=O) groups is 1. The summed E-state index contributed by atoms with van der Waals surface area (Å²) >= 11 is 1.54. The molecule has 3 heterocycles. The first kappa shape index (κ1) is 16.8. The van der Waals surface area contributed by atoms with Crippen molar-refractivity contribution in [2.45, 2.75) is 51.9 Å². The van der Waals surface area contributed by atoms with Gasteiger partial charge < -0.3 is 14.8 Å². The molecule has 2 aliphatic heterocycles. The van der Waals surface area contributed by atoms with Gasteiger partial charge in [-0.3, -0.25) is 9.69 Å². The SMILES string of the molecule is CCc1nc(NC(=O)CN2CCCC[C@@H]2C2OCCO2)sc1C. The highest BCUT2D eigenvalue weighted by Crippen LogP contribution is 2.25. The molecule has 1 aromatic rings. The fourth-order valence-electron chi connectivity index (χ4n) is 3.27. The van der Waals surface area contributed by atoms with E-state index in [1.54, 1.807) is 11.3 Å². The van der Waals surface area contributed by atoms with Crippen molar-refractivity contribution in [3.63, 3.8) is 0 Å². The maximum Gasteiger partial charge on any atom is 0.240 e. The zero-order valence-corrected chi connectivity index (χ0v) is 14.7. The van der Waals surface area contributed by atoms with Crippen molar-refractivity contribution < 1.29 is 14.3 Å². The van der Waals surface area contributed by atoms with Gasteiger partial charge in [0.1, 0.15) is 0 Å². The zero-order valence-electron chi connectivity index (χ0n) is 13.8. The number of thiazole rings is 1. The standard InChI is InChI=1S/C16H25N3O3S/c1-3-12-11(2)23-16(17-12)18-14(20)10-19-7-5-4-6-13(19)15-21-8-9-22-15/h13,15H,3-10H2,1-2H3,(H,17,18,20)/t13-/m1/s1. The summed E-state index contributed by atoms with van der Waals surface area (Å²) < 4.78 is 11.3. The van der Waals surface area contributed by atoms with Gasteiger partial charge in [-0.1, -0.05) is 13.3 Å². The number of hydrogen-bond donors (Lipinski definition) is 1. The molecule has 1 amide bonds. The van der Waals surface area contributed by atoms with Crippen LogP contribution in [-0.4, -0.2) is 54.4 Å². The predicted octanol–water partition coefficient (Wildman–Crippen LogP) is 2.18. The van der Waals surface area contributed by atoms with Crippen LogP contribution in [0, 0.1) is 6.92 Å². The Morgan fingerprint density at radius 2 is 2.17 bits per heavy atom. The lowest BCUT2D eigenvalue weighted by atomic mass is 10.0. The van der Waals surface area contributed by atoms with Crippen molar-refractivity contribution in [3.05, 3.63) is 10.6 Å². The summed E-state index contributed by atoms with van der Waals surface area (Å²) in [5, 5.41) is 3.64. The molecule has 0 unspecified atom stereocenters. The summed E-state index contributed by atoms with van der Waals surface area (Å²) in [5.74, 6) is -0.00806. The lowest BCUT2D eigenvalue weighted by molar-refractivity contribution is -0.127. The van der Waals surface area contributed by atoms with Crippen molar-refractivity contribution in [3.8, 4) is 0 Å². The minimum atomic E-state index is -0.183. The first-order valence-electron chi connectivity index (χ1n) is 8.40. The van der Waals surface area contributed by atoms with Crippen molar-refractivity contribution in [2.24, 2.45) is 0 Å². The van der Waals surface area contributed by atoms with Gasteiger partial charge >= 0.3 is 0 Å². The second kappa shape index (κ2) is 7.70. The lowest BCUT2D eigenvalue weighted by Crippen LogP contribution is -2.50. The van der Waals surface area contributed by atoms with E-state index < -0.39 is 0 Å². The molecule has 0 spiro atoms. The fourth-order valence-corrected chi connectivity index (χ4v) is 4.19. The Bertz CT molecular complexity index is 543. The van der Waals surface area contributed by atoms with E-state index in [0.717, 1.165) is 37.9 Å². The Hall–Kier alpha value is -1.02. The first-order valence-corrected chi connectivity index (χ1v) is 9.22. The van der Waals surface area contributed by atoms with Gasteiger partial charge in [-0.2, -0.15) is 0 Å². The Morgan fingerprint density at radius 3 is 2.87 bits per heavy atom. The van der Waals surface area contributed by atoms with Crippen LogP contribution in [0.25, 0.3) is 0 Å². The summed E-state index contributed by atoms with van der Waals surface area (Å²) in [4.78, 5) is 20.2. The van der Waals surface area contributed by atoms with E-state index in [9.17, 15) is 4.79 Å². The van der Waals surface area contributed by atoms with Crippen molar-refractivity contribution in [2.75, 3.05) is 31.6 Å². The van der Waals surface area contributed by atoms with Crippen LogP contribution < -0.4 is 5.32 Å². The van der Waals surface area contributed by atoms with E-state index >= 15 is 0 Å². The third kappa shape index (κ3) is 4.09. The monoisotopic (exact) mass is 339 g/mol. The van der Waals surface area contributed by atoms with Crippen LogP contribution >= 0.6 is 11.3 Å². The number of ether oxygens (including phenoxy) is 2. The molecule has 2 aliphatic rings. The molecule has 0 aromatic carbocycles. The van der Waals surface area contributed by atoms with Crippen molar-refractivity contribution in [1.29, 1.82) is 0 Å². The highest BCUT2D eigenvalue weighted by atomic mass is 32.1. The second-order valence-electron chi connectivity index (χ2n) is 6.07. The summed E-state index contributed by atoms with van der Waals surface area (Å²) in [6.07, 6.45) is 4.01. The maximum atomic E-state index is 12.4. The van der Waals surface area contributed by atoms with Gasteiger partial charge in [-0.15, -0.1) is 11.3 Å². The smallest absolute Gasteiger partial charge is 0.240 e. The van der Waals surface area contributed by atoms with Crippen LogP contribution in [-0.2, 0) is 20.7 Å². The molecule has 3 rings (SSSR count). The molecule has 7 heteroatoms. The number of nitrogens with zero attached hydrogens (tertiary/aromatic N) is 2. The number of aromatic nitrogens is 1. The van der Waals surface area contributed by atoms with Crippen LogP contribution in [0.3, 0.4) is 0 Å². The number of aryl methyl sites for hydroxylation is 2. The van der Waals surface area contributed by atoms with Gasteiger partial charge in [0.2, 0.25) is 5.91 Å². The zero-order chi connectivity index (χ0) is 16.2. The largest absolute Gasteiger partial charge is 0.349 e. The molecular weight excluding hydrogens is 314 g/mol. The molecular formula is C16H25N3O3S. The molecule has 1 aromatic heterocycles. The van der Waals surface area contributed by atoms with E-state index in [-0.39, 0.29) is 18.2 Å². The van der Waals surface area contributed by atoms with Gasteiger partial charge in [0.15, 0.2) is 11.4 Å². The molecule has 128 valence electrons. The minimum absolute atomic E-state index is 0.00806. The van der Waals surface area contributed by atoms with Crippen LogP contribution in [0.15, 0.2) is 0 Å². The van der Waals surface area contributed by atoms with E-state index in [4.69, 9.17) is 9.47 Å². The molecule has 0 aliphatic carbocycles. The topological polar surface area (TPSA) is 63.7 Å². The summed E-state index contributed by atoms with van der Waals surface area (Å²) in [5.41, 5.74) is 1.06.